The molecular formula is C24H30N4O5S. The Morgan fingerprint density at radius 1 is 1.26 bits per heavy atom. The Hall–Kier alpha value is -3.11. The Morgan fingerprint density at radius 3 is 2.59 bits per heavy atom. The number of ether oxygens (including phenoxy) is 1. The van der Waals surface area contributed by atoms with Gasteiger partial charge in [-0.1, -0.05) is 18.2 Å². The highest BCUT2D eigenvalue weighted by Gasteiger charge is 2.38. The van der Waals surface area contributed by atoms with Crippen molar-refractivity contribution < 1.29 is 17.9 Å². The lowest BCUT2D eigenvalue weighted by Gasteiger charge is -2.41. The first-order valence-electron chi connectivity index (χ1n) is 11.1. The van der Waals surface area contributed by atoms with Gasteiger partial charge in [0.2, 0.25) is 10.0 Å². The molecule has 0 saturated carbocycles. The molecule has 9 nitrogen and oxygen atoms in total. The predicted molar refractivity (Wildman–Crippen MR) is 131 cm³/mol. The van der Waals surface area contributed by atoms with Crippen molar-refractivity contribution in [2.75, 3.05) is 26.5 Å². The molecule has 10 heteroatoms. The van der Waals surface area contributed by atoms with Crippen molar-refractivity contribution in [2.45, 2.75) is 33.4 Å². The number of para-hydroxylation sites is 1. The minimum atomic E-state index is -3.20. The van der Waals surface area contributed by atoms with E-state index < -0.39 is 10.0 Å². The summed E-state index contributed by atoms with van der Waals surface area (Å²) in [5.74, 6) is 0.290. The van der Waals surface area contributed by atoms with E-state index in [1.54, 1.807) is 13.0 Å². The van der Waals surface area contributed by atoms with Crippen molar-refractivity contribution >= 4 is 26.8 Å². The van der Waals surface area contributed by atoms with E-state index in [1.807, 2.05) is 31.2 Å². The SMILES string of the molecule is COc1cc(C)[nH]c(=O)c1CNC(=O)c1c(C)n(C(C)C2CN(S(C)(=O)=O)C2)c2ccccc12. The van der Waals surface area contributed by atoms with Crippen LogP contribution >= 0.6 is 0 Å². The third-order valence-corrected chi connectivity index (χ3v) is 7.93. The van der Waals surface area contributed by atoms with Gasteiger partial charge in [-0.05, 0) is 32.9 Å². The molecule has 0 radical (unpaired) electrons. The van der Waals surface area contributed by atoms with Gasteiger partial charge in [-0.3, -0.25) is 9.59 Å². The van der Waals surface area contributed by atoms with Crippen molar-refractivity contribution in [3.05, 3.63) is 63.2 Å². The molecular weight excluding hydrogens is 456 g/mol. The van der Waals surface area contributed by atoms with E-state index in [0.717, 1.165) is 16.6 Å². The largest absolute Gasteiger partial charge is 0.496 e. The van der Waals surface area contributed by atoms with E-state index in [0.29, 0.717) is 35.7 Å². The van der Waals surface area contributed by atoms with Gasteiger partial charge in [-0.25, -0.2) is 12.7 Å². The summed E-state index contributed by atoms with van der Waals surface area (Å²) in [4.78, 5) is 28.5. The number of nitrogens with one attached hydrogen (secondary N) is 2. The Balaban J connectivity index is 1.64. The molecule has 34 heavy (non-hydrogen) atoms. The average Bonchev–Trinajstić information content (AvgIpc) is 3.01. The van der Waals surface area contributed by atoms with E-state index in [-0.39, 0.29) is 30.0 Å². The summed E-state index contributed by atoms with van der Waals surface area (Å²) in [5.41, 5.74) is 2.99. The second-order valence-electron chi connectivity index (χ2n) is 8.94. The maximum atomic E-state index is 13.3. The Kier molecular flexibility index (Phi) is 6.30. The fourth-order valence-corrected chi connectivity index (χ4v) is 5.68. The average molecular weight is 487 g/mol. The van der Waals surface area contributed by atoms with Crippen LogP contribution in [0, 0.1) is 19.8 Å². The number of aryl methyl sites for hydroxylation is 1. The summed E-state index contributed by atoms with van der Waals surface area (Å²) < 4.78 is 32.5. The van der Waals surface area contributed by atoms with Gasteiger partial charge >= 0.3 is 0 Å². The van der Waals surface area contributed by atoms with E-state index in [9.17, 15) is 18.0 Å². The predicted octanol–water partition coefficient (Wildman–Crippen LogP) is 2.34. The molecule has 3 aromatic rings. The van der Waals surface area contributed by atoms with E-state index in [4.69, 9.17) is 4.74 Å². The molecule has 1 unspecified atom stereocenters. The molecule has 182 valence electrons. The summed E-state index contributed by atoms with van der Waals surface area (Å²) >= 11 is 0. The third-order valence-electron chi connectivity index (χ3n) is 6.69. The van der Waals surface area contributed by atoms with Gasteiger partial charge in [0.15, 0.2) is 0 Å². The topological polar surface area (TPSA) is 114 Å². The van der Waals surface area contributed by atoms with Gasteiger partial charge in [0, 0.05) is 47.3 Å². The van der Waals surface area contributed by atoms with Crippen molar-refractivity contribution in [3.8, 4) is 5.75 Å². The maximum Gasteiger partial charge on any atom is 0.256 e. The molecule has 1 fully saturated rings. The number of sulfonamides is 1. The van der Waals surface area contributed by atoms with Crippen LogP contribution in [0.15, 0.2) is 35.1 Å². The van der Waals surface area contributed by atoms with Crippen LogP contribution in [0.5, 0.6) is 5.75 Å². The molecule has 1 saturated heterocycles. The van der Waals surface area contributed by atoms with Gasteiger partial charge < -0.3 is 19.6 Å². The zero-order chi connectivity index (χ0) is 24.8. The molecule has 2 N–H and O–H groups in total. The van der Waals surface area contributed by atoms with Gasteiger partial charge in [0.1, 0.15) is 5.75 Å². The summed E-state index contributed by atoms with van der Waals surface area (Å²) in [7, 11) is -1.71. The monoisotopic (exact) mass is 486 g/mol. The second-order valence-corrected chi connectivity index (χ2v) is 10.9. The Bertz CT molecular complexity index is 1420. The highest BCUT2D eigenvalue weighted by Crippen LogP contribution is 2.36. The van der Waals surface area contributed by atoms with Gasteiger partial charge in [-0.2, -0.15) is 0 Å². The number of rotatable bonds is 7. The summed E-state index contributed by atoms with van der Waals surface area (Å²) in [6.07, 6.45) is 1.22. The van der Waals surface area contributed by atoms with Gasteiger partial charge in [0.25, 0.3) is 11.5 Å². The standard InChI is InChI=1S/C24H30N4O5S/c1-14-10-21(33-4)19(23(29)26-14)11-25-24(30)22-16(3)28(20-9-7-6-8-18(20)22)15(2)17-12-27(13-17)34(5,31)32/h6-10,15,17H,11-13H2,1-5H3,(H,25,30)(H,26,29). The van der Waals surface area contributed by atoms with Gasteiger partial charge in [-0.15, -0.1) is 0 Å². The number of carbonyl (C=O) groups excluding carboxylic acids is 1. The first-order chi connectivity index (χ1) is 16.0. The number of H-pyrrole nitrogens is 1. The number of pyridine rings is 1. The van der Waals surface area contributed by atoms with E-state index >= 15 is 0 Å². The number of benzene rings is 1. The minimum Gasteiger partial charge on any atom is -0.496 e. The highest BCUT2D eigenvalue weighted by molar-refractivity contribution is 7.88. The van der Waals surface area contributed by atoms with E-state index in [2.05, 4.69) is 21.8 Å². The van der Waals surface area contributed by atoms with Crippen molar-refractivity contribution in [1.82, 2.24) is 19.2 Å². The summed E-state index contributed by atoms with van der Waals surface area (Å²) in [5, 5.41) is 3.69. The van der Waals surface area contributed by atoms with Crippen LogP contribution in [-0.4, -0.2) is 54.6 Å². The Labute approximate surface area is 198 Å². The number of methoxy groups -OCH3 is 1. The number of fused-ring (bicyclic) bond motifs is 1. The lowest BCUT2D eigenvalue weighted by molar-refractivity contribution is 0.0950. The summed E-state index contributed by atoms with van der Waals surface area (Å²) in [6.45, 7) is 6.67. The first-order valence-corrected chi connectivity index (χ1v) is 13.0. The zero-order valence-corrected chi connectivity index (χ0v) is 20.8. The third kappa shape index (κ3) is 4.23. The quantitative estimate of drug-likeness (QED) is 0.532. The molecule has 1 atom stereocenters. The minimum absolute atomic E-state index is 0.00415. The number of nitrogens with zero attached hydrogens (tertiary/aromatic N) is 2. The molecule has 1 aliphatic heterocycles. The van der Waals surface area contributed by atoms with Crippen molar-refractivity contribution in [2.24, 2.45) is 5.92 Å². The number of amides is 1. The molecule has 2 aromatic heterocycles. The molecule has 1 aromatic carbocycles. The molecule has 0 spiro atoms. The lowest BCUT2D eigenvalue weighted by atomic mass is 9.94. The number of aromatic nitrogens is 2. The molecule has 0 aliphatic carbocycles. The number of hydrogen-bond donors (Lipinski definition) is 2. The zero-order valence-electron chi connectivity index (χ0n) is 20.0. The van der Waals surface area contributed by atoms with Gasteiger partial charge in [0.05, 0.1) is 31.0 Å². The van der Waals surface area contributed by atoms with Crippen LogP contribution < -0.4 is 15.6 Å². The van der Waals surface area contributed by atoms with Crippen LogP contribution in [0.25, 0.3) is 10.9 Å². The molecule has 1 aliphatic rings. The van der Waals surface area contributed by atoms with Crippen LogP contribution in [-0.2, 0) is 16.6 Å². The van der Waals surface area contributed by atoms with Crippen LogP contribution in [0.2, 0.25) is 0 Å². The Morgan fingerprint density at radius 2 is 1.94 bits per heavy atom. The normalized spacial score (nSPS) is 15.8. The fourth-order valence-electron chi connectivity index (χ4n) is 4.75. The first kappa shape index (κ1) is 24.0. The van der Waals surface area contributed by atoms with Crippen molar-refractivity contribution in [1.29, 1.82) is 0 Å². The second kappa shape index (κ2) is 8.92. The molecule has 1 amide bonds. The highest BCUT2D eigenvalue weighted by atomic mass is 32.2. The van der Waals surface area contributed by atoms with E-state index in [1.165, 1.54) is 17.7 Å². The molecule has 0 bridgehead atoms. The fraction of sp³-hybridized carbons (Fsp3) is 0.417. The smallest absolute Gasteiger partial charge is 0.256 e. The van der Waals surface area contributed by atoms with Crippen LogP contribution in [0.4, 0.5) is 0 Å². The summed E-state index contributed by atoms with van der Waals surface area (Å²) in [6, 6.07) is 9.41. The molecule has 3 heterocycles. The number of hydrogen-bond acceptors (Lipinski definition) is 5. The van der Waals surface area contributed by atoms with Crippen LogP contribution in [0.3, 0.4) is 0 Å². The lowest BCUT2D eigenvalue weighted by Crippen LogP contribution is -2.52. The number of aromatic amines is 1. The number of carbonyl (C=O) groups is 1. The molecule has 4 rings (SSSR count). The maximum absolute atomic E-state index is 13.3. The van der Waals surface area contributed by atoms with Crippen LogP contribution in [0.1, 0.15) is 40.3 Å². The van der Waals surface area contributed by atoms with Crippen molar-refractivity contribution in [3.63, 3.8) is 0 Å².